The molecule has 0 radical (unpaired) electrons. The van der Waals surface area contributed by atoms with Gasteiger partial charge in [0.05, 0.1) is 6.54 Å². The number of nitrogens with one attached hydrogen (secondary N) is 1. The first-order valence-corrected chi connectivity index (χ1v) is 8.47. The molecular formula is C14H20N2O3S. The molecule has 0 bridgehead atoms. The maximum Gasteiger partial charge on any atom is 0.276 e. The Bertz CT molecular complexity index is 614. The Kier molecular flexibility index (Phi) is 3.70. The van der Waals surface area contributed by atoms with Crippen molar-refractivity contribution in [1.82, 2.24) is 9.62 Å². The number of hydrogen-bond donors (Lipinski definition) is 1. The van der Waals surface area contributed by atoms with E-state index in [1.54, 1.807) is 12.1 Å². The van der Waals surface area contributed by atoms with Gasteiger partial charge in [0.15, 0.2) is 0 Å². The third-order valence-electron chi connectivity index (χ3n) is 3.77. The molecule has 2 aliphatic rings. The van der Waals surface area contributed by atoms with E-state index in [1.807, 2.05) is 13.0 Å². The lowest BCUT2D eigenvalue weighted by Gasteiger charge is -2.23. The predicted molar refractivity (Wildman–Crippen MR) is 75.7 cm³/mol. The summed E-state index contributed by atoms with van der Waals surface area (Å²) in [6.45, 7) is 3.59. The van der Waals surface area contributed by atoms with Crippen molar-refractivity contribution < 1.29 is 12.8 Å². The van der Waals surface area contributed by atoms with Gasteiger partial charge < -0.3 is 9.73 Å². The van der Waals surface area contributed by atoms with Crippen LogP contribution >= 0.6 is 0 Å². The van der Waals surface area contributed by atoms with E-state index in [2.05, 4.69) is 5.32 Å². The van der Waals surface area contributed by atoms with Crippen LogP contribution in [0.4, 0.5) is 0 Å². The van der Waals surface area contributed by atoms with Gasteiger partial charge in [0.1, 0.15) is 5.76 Å². The van der Waals surface area contributed by atoms with E-state index in [9.17, 15) is 8.42 Å². The van der Waals surface area contributed by atoms with E-state index < -0.39 is 10.0 Å². The highest BCUT2D eigenvalue weighted by Gasteiger charge is 2.28. The van der Waals surface area contributed by atoms with Gasteiger partial charge in [-0.15, -0.1) is 0 Å². The molecule has 1 aliphatic carbocycles. The molecule has 0 unspecified atom stereocenters. The quantitative estimate of drug-likeness (QED) is 0.843. The van der Waals surface area contributed by atoms with Crippen LogP contribution in [0.25, 0.3) is 0 Å². The summed E-state index contributed by atoms with van der Waals surface area (Å²) < 4.78 is 31.8. The van der Waals surface area contributed by atoms with E-state index in [1.165, 1.54) is 22.7 Å². The van der Waals surface area contributed by atoms with Crippen LogP contribution < -0.4 is 5.32 Å². The third kappa shape index (κ3) is 2.97. The Morgan fingerprint density at radius 1 is 1.40 bits per heavy atom. The topological polar surface area (TPSA) is 62.6 Å². The molecule has 5 nitrogen and oxygen atoms in total. The first-order chi connectivity index (χ1) is 9.55. The van der Waals surface area contributed by atoms with Crippen molar-refractivity contribution in [3.8, 4) is 0 Å². The molecule has 20 heavy (non-hydrogen) atoms. The molecule has 1 aromatic rings. The molecule has 1 saturated carbocycles. The Hall–Kier alpha value is -1.11. The number of sulfonamides is 1. The van der Waals surface area contributed by atoms with Crippen molar-refractivity contribution in [1.29, 1.82) is 0 Å². The van der Waals surface area contributed by atoms with Gasteiger partial charge >= 0.3 is 0 Å². The SMILES string of the molecule is CC1=CCN(S(=O)(=O)c2ccc(CNC3CC3)o2)CC1. The Morgan fingerprint density at radius 2 is 2.20 bits per heavy atom. The van der Waals surface area contributed by atoms with Crippen molar-refractivity contribution >= 4 is 10.0 Å². The fraction of sp³-hybridized carbons (Fsp3) is 0.571. The molecule has 0 aromatic carbocycles. The number of hydrogen-bond acceptors (Lipinski definition) is 4. The summed E-state index contributed by atoms with van der Waals surface area (Å²) in [6, 6.07) is 3.88. The molecular weight excluding hydrogens is 276 g/mol. The zero-order valence-electron chi connectivity index (χ0n) is 11.6. The molecule has 1 aromatic heterocycles. The van der Waals surface area contributed by atoms with E-state index in [0.29, 0.717) is 31.4 Å². The van der Waals surface area contributed by atoms with Crippen LogP contribution in [0.3, 0.4) is 0 Å². The summed E-state index contributed by atoms with van der Waals surface area (Å²) in [5, 5.41) is 3.37. The lowest BCUT2D eigenvalue weighted by molar-refractivity contribution is 0.369. The second-order valence-corrected chi connectivity index (χ2v) is 7.41. The standard InChI is InChI=1S/C14H20N2O3S/c1-11-6-8-16(9-7-11)20(17,18)14-5-4-13(19-14)10-15-12-2-3-12/h4-6,12,15H,2-3,7-10H2,1H3. The Balaban J connectivity index is 1.70. The smallest absolute Gasteiger partial charge is 0.276 e. The Labute approximate surface area is 119 Å². The van der Waals surface area contributed by atoms with Crippen LogP contribution in [-0.2, 0) is 16.6 Å². The number of nitrogens with zero attached hydrogens (tertiary/aromatic N) is 1. The highest BCUT2D eigenvalue weighted by molar-refractivity contribution is 7.89. The van der Waals surface area contributed by atoms with E-state index in [4.69, 9.17) is 4.42 Å². The minimum atomic E-state index is -3.49. The van der Waals surface area contributed by atoms with Crippen molar-refractivity contribution in [3.05, 3.63) is 29.5 Å². The van der Waals surface area contributed by atoms with Gasteiger partial charge in [0, 0.05) is 19.1 Å². The molecule has 1 aliphatic heterocycles. The zero-order valence-corrected chi connectivity index (χ0v) is 12.4. The summed E-state index contributed by atoms with van der Waals surface area (Å²) in [4.78, 5) is 0. The van der Waals surface area contributed by atoms with Gasteiger partial charge in [-0.2, -0.15) is 4.31 Å². The van der Waals surface area contributed by atoms with E-state index in [0.717, 1.165) is 6.42 Å². The molecule has 0 saturated heterocycles. The van der Waals surface area contributed by atoms with Gasteiger partial charge in [-0.3, -0.25) is 0 Å². The van der Waals surface area contributed by atoms with Gasteiger partial charge in [-0.1, -0.05) is 11.6 Å². The summed E-state index contributed by atoms with van der Waals surface area (Å²) in [5.74, 6) is 0.680. The average Bonchev–Trinajstić information content (AvgIpc) is 3.13. The monoisotopic (exact) mass is 296 g/mol. The minimum Gasteiger partial charge on any atom is -0.447 e. The molecule has 1 fully saturated rings. The van der Waals surface area contributed by atoms with Crippen molar-refractivity contribution in [2.75, 3.05) is 13.1 Å². The molecule has 0 atom stereocenters. The fourth-order valence-electron chi connectivity index (χ4n) is 2.22. The third-order valence-corrected chi connectivity index (χ3v) is 5.51. The number of furan rings is 1. The lowest BCUT2D eigenvalue weighted by Crippen LogP contribution is -2.34. The molecule has 0 amide bonds. The largest absolute Gasteiger partial charge is 0.447 e. The molecule has 1 N–H and O–H groups in total. The zero-order chi connectivity index (χ0) is 14.2. The average molecular weight is 296 g/mol. The van der Waals surface area contributed by atoms with Crippen molar-refractivity contribution in [2.45, 2.75) is 43.9 Å². The number of rotatable bonds is 5. The predicted octanol–water partition coefficient (Wildman–Crippen LogP) is 1.87. The molecule has 6 heteroatoms. The first-order valence-electron chi connectivity index (χ1n) is 7.03. The molecule has 110 valence electrons. The lowest BCUT2D eigenvalue weighted by atomic mass is 10.1. The van der Waals surface area contributed by atoms with E-state index in [-0.39, 0.29) is 5.09 Å². The van der Waals surface area contributed by atoms with Crippen LogP contribution in [0.2, 0.25) is 0 Å². The molecule has 2 heterocycles. The summed E-state index contributed by atoms with van der Waals surface area (Å²) in [6.07, 6.45) is 5.15. The Morgan fingerprint density at radius 3 is 2.85 bits per heavy atom. The summed E-state index contributed by atoms with van der Waals surface area (Å²) in [7, 11) is -3.49. The summed E-state index contributed by atoms with van der Waals surface area (Å²) >= 11 is 0. The van der Waals surface area contributed by atoms with Crippen molar-refractivity contribution in [3.63, 3.8) is 0 Å². The second-order valence-electron chi connectivity index (χ2n) is 5.54. The highest BCUT2D eigenvalue weighted by atomic mass is 32.2. The van der Waals surface area contributed by atoms with Gasteiger partial charge in [-0.05, 0) is 38.3 Å². The molecule has 3 rings (SSSR count). The molecule has 0 spiro atoms. The normalized spacial score (nSPS) is 20.9. The van der Waals surface area contributed by atoms with Crippen LogP contribution in [0.5, 0.6) is 0 Å². The van der Waals surface area contributed by atoms with Gasteiger partial charge in [0.25, 0.3) is 10.0 Å². The maximum atomic E-state index is 12.4. The fourth-order valence-corrected chi connectivity index (χ4v) is 3.53. The van der Waals surface area contributed by atoms with Crippen LogP contribution in [-0.4, -0.2) is 31.9 Å². The van der Waals surface area contributed by atoms with E-state index >= 15 is 0 Å². The highest BCUT2D eigenvalue weighted by Crippen LogP contribution is 2.23. The van der Waals surface area contributed by atoms with Crippen molar-refractivity contribution in [2.24, 2.45) is 0 Å². The maximum absolute atomic E-state index is 12.4. The first kappa shape index (κ1) is 13.9. The van der Waals surface area contributed by atoms with Gasteiger partial charge in [-0.25, -0.2) is 8.42 Å². The summed E-state index contributed by atoms with van der Waals surface area (Å²) in [5.41, 5.74) is 1.24. The van der Waals surface area contributed by atoms with Crippen LogP contribution in [0, 0.1) is 0 Å². The minimum absolute atomic E-state index is 0.0538. The van der Waals surface area contributed by atoms with Gasteiger partial charge in [0.2, 0.25) is 5.09 Å². The van der Waals surface area contributed by atoms with Crippen LogP contribution in [0.15, 0.2) is 33.3 Å². The van der Waals surface area contributed by atoms with Crippen LogP contribution in [0.1, 0.15) is 31.9 Å². The second kappa shape index (κ2) is 5.35.